The van der Waals surface area contributed by atoms with Crippen LogP contribution in [0.1, 0.15) is 43.2 Å². The molecule has 0 bridgehead atoms. The molecule has 1 aliphatic heterocycles. The predicted molar refractivity (Wildman–Crippen MR) is 75.5 cm³/mol. The van der Waals surface area contributed by atoms with Crippen molar-refractivity contribution in [3.63, 3.8) is 0 Å². The zero-order chi connectivity index (χ0) is 12.4. The van der Waals surface area contributed by atoms with Crippen LogP contribution in [0.15, 0.2) is 24.3 Å². The summed E-state index contributed by atoms with van der Waals surface area (Å²) in [6.45, 7) is 4.47. The molecule has 1 aromatic carbocycles. The van der Waals surface area contributed by atoms with Gasteiger partial charge in [0.15, 0.2) is 0 Å². The van der Waals surface area contributed by atoms with Crippen LogP contribution in [-0.4, -0.2) is 24.5 Å². The highest BCUT2D eigenvalue weighted by molar-refractivity contribution is 5.39. The summed E-state index contributed by atoms with van der Waals surface area (Å²) in [5.41, 5.74) is 9.36. The third-order valence-electron chi connectivity index (χ3n) is 4.68. The molecular weight excluding hydrogens is 220 g/mol. The molecule has 98 valence electrons. The lowest BCUT2D eigenvalue weighted by molar-refractivity contribution is 0.220. The monoisotopic (exact) mass is 244 g/mol. The highest BCUT2D eigenvalue weighted by atomic mass is 15.1. The Morgan fingerprint density at radius 1 is 1.06 bits per heavy atom. The maximum absolute atomic E-state index is 5.99. The Morgan fingerprint density at radius 3 is 2.44 bits per heavy atom. The highest BCUT2D eigenvalue weighted by Crippen LogP contribution is 2.48. The van der Waals surface area contributed by atoms with E-state index >= 15 is 0 Å². The Balaban J connectivity index is 1.79. The number of rotatable bonds is 4. The van der Waals surface area contributed by atoms with Crippen LogP contribution in [0.25, 0.3) is 0 Å². The molecule has 3 rings (SSSR count). The Morgan fingerprint density at radius 2 is 1.78 bits per heavy atom. The fourth-order valence-electron chi connectivity index (χ4n) is 3.27. The van der Waals surface area contributed by atoms with Crippen LogP contribution in [0.2, 0.25) is 0 Å². The standard InChI is InChI=1S/C16H24N2/c17-13-16(8-9-16)15-7-3-2-6-14(15)12-18-10-4-1-5-11-18/h2-3,6-7H,1,4-5,8-13,17H2. The second kappa shape index (κ2) is 5.02. The summed E-state index contributed by atoms with van der Waals surface area (Å²) in [6.07, 6.45) is 6.69. The first-order valence-corrected chi connectivity index (χ1v) is 7.35. The lowest BCUT2D eigenvalue weighted by Crippen LogP contribution is -2.30. The zero-order valence-electron chi connectivity index (χ0n) is 11.2. The molecule has 1 saturated heterocycles. The van der Waals surface area contributed by atoms with Crippen LogP contribution in [0.5, 0.6) is 0 Å². The number of likely N-dealkylation sites (tertiary alicyclic amines) is 1. The number of nitrogens with two attached hydrogens (primary N) is 1. The van der Waals surface area contributed by atoms with Gasteiger partial charge in [0.05, 0.1) is 0 Å². The molecule has 2 nitrogen and oxygen atoms in total. The summed E-state index contributed by atoms with van der Waals surface area (Å²) >= 11 is 0. The minimum absolute atomic E-state index is 0.326. The topological polar surface area (TPSA) is 29.3 Å². The maximum Gasteiger partial charge on any atom is 0.0236 e. The highest BCUT2D eigenvalue weighted by Gasteiger charge is 2.44. The van der Waals surface area contributed by atoms with Gasteiger partial charge in [-0.05, 0) is 49.9 Å². The van der Waals surface area contributed by atoms with Crippen molar-refractivity contribution in [1.82, 2.24) is 4.90 Å². The van der Waals surface area contributed by atoms with E-state index in [-0.39, 0.29) is 0 Å². The fraction of sp³-hybridized carbons (Fsp3) is 0.625. The lowest BCUT2D eigenvalue weighted by Gasteiger charge is -2.28. The van der Waals surface area contributed by atoms with Crippen molar-refractivity contribution < 1.29 is 0 Å². The summed E-state index contributed by atoms with van der Waals surface area (Å²) in [5.74, 6) is 0. The largest absolute Gasteiger partial charge is 0.330 e. The Bertz CT molecular complexity index is 403. The van der Waals surface area contributed by atoms with Gasteiger partial charge in [0.2, 0.25) is 0 Å². The maximum atomic E-state index is 5.99. The van der Waals surface area contributed by atoms with Crippen molar-refractivity contribution in [3.8, 4) is 0 Å². The van der Waals surface area contributed by atoms with Gasteiger partial charge in [-0.25, -0.2) is 0 Å². The SMILES string of the molecule is NCC1(c2ccccc2CN2CCCCC2)CC1. The second-order valence-electron chi connectivity index (χ2n) is 5.98. The van der Waals surface area contributed by atoms with E-state index in [4.69, 9.17) is 5.73 Å². The Hall–Kier alpha value is -0.860. The van der Waals surface area contributed by atoms with E-state index in [1.54, 1.807) is 0 Å². The van der Waals surface area contributed by atoms with Crippen molar-refractivity contribution >= 4 is 0 Å². The molecule has 0 amide bonds. The van der Waals surface area contributed by atoms with Gasteiger partial charge in [-0.15, -0.1) is 0 Å². The van der Waals surface area contributed by atoms with Crippen molar-refractivity contribution in [2.24, 2.45) is 5.73 Å². The molecular formula is C16H24N2. The fourth-order valence-corrected chi connectivity index (χ4v) is 3.27. The number of hydrogen-bond donors (Lipinski definition) is 1. The Kier molecular flexibility index (Phi) is 3.40. The summed E-state index contributed by atoms with van der Waals surface area (Å²) < 4.78 is 0. The number of piperidine rings is 1. The van der Waals surface area contributed by atoms with Gasteiger partial charge in [-0.3, -0.25) is 4.90 Å². The van der Waals surface area contributed by atoms with E-state index in [9.17, 15) is 0 Å². The predicted octanol–water partition coefficient (Wildman–Crippen LogP) is 2.66. The van der Waals surface area contributed by atoms with Crippen molar-refractivity contribution in [2.75, 3.05) is 19.6 Å². The summed E-state index contributed by atoms with van der Waals surface area (Å²) in [5, 5.41) is 0. The molecule has 1 heterocycles. The van der Waals surface area contributed by atoms with Crippen molar-refractivity contribution in [1.29, 1.82) is 0 Å². The average Bonchev–Trinajstić information content (AvgIpc) is 3.22. The van der Waals surface area contributed by atoms with Crippen molar-refractivity contribution in [2.45, 2.75) is 44.1 Å². The minimum atomic E-state index is 0.326. The van der Waals surface area contributed by atoms with Gasteiger partial charge in [0.1, 0.15) is 0 Å². The van der Waals surface area contributed by atoms with Crippen molar-refractivity contribution in [3.05, 3.63) is 35.4 Å². The van der Waals surface area contributed by atoms with Gasteiger partial charge in [0.25, 0.3) is 0 Å². The molecule has 1 saturated carbocycles. The Labute approximate surface area is 110 Å². The number of nitrogens with zero attached hydrogens (tertiary/aromatic N) is 1. The van der Waals surface area contributed by atoms with Crippen LogP contribution in [0.3, 0.4) is 0 Å². The molecule has 1 aliphatic carbocycles. The summed E-state index contributed by atoms with van der Waals surface area (Å²) in [7, 11) is 0. The van der Waals surface area contributed by atoms with Gasteiger partial charge < -0.3 is 5.73 Å². The average molecular weight is 244 g/mol. The van der Waals surface area contributed by atoms with E-state index in [1.807, 2.05) is 0 Å². The first-order valence-electron chi connectivity index (χ1n) is 7.35. The first kappa shape index (κ1) is 12.2. The van der Waals surface area contributed by atoms with E-state index in [0.717, 1.165) is 13.1 Å². The number of hydrogen-bond acceptors (Lipinski definition) is 2. The van der Waals surface area contributed by atoms with Gasteiger partial charge in [0, 0.05) is 18.5 Å². The summed E-state index contributed by atoms with van der Waals surface area (Å²) in [6, 6.07) is 8.96. The quantitative estimate of drug-likeness (QED) is 0.882. The third-order valence-corrected chi connectivity index (χ3v) is 4.68. The van der Waals surface area contributed by atoms with Crippen LogP contribution in [0.4, 0.5) is 0 Å². The molecule has 2 aliphatic rings. The van der Waals surface area contributed by atoms with Gasteiger partial charge in [-0.1, -0.05) is 30.7 Å². The third kappa shape index (κ3) is 2.32. The molecule has 0 radical (unpaired) electrons. The molecule has 0 atom stereocenters. The minimum Gasteiger partial charge on any atom is -0.330 e. The van der Waals surface area contributed by atoms with E-state index in [2.05, 4.69) is 29.2 Å². The van der Waals surface area contributed by atoms with E-state index < -0.39 is 0 Å². The van der Waals surface area contributed by atoms with Crippen LogP contribution < -0.4 is 5.73 Å². The van der Waals surface area contributed by atoms with Gasteiger partial charge in [-0.2, -0.15) is 0 Å². The summed E-state index contributed by atoms with van der Waals surface area (Å²) in [4.78, 5) is 2.61. The molecule has 0 unspecified atom stereocenters. The number of benzene rings is 1. The lowest BCUT2D eigenvalue weighted by atomic mass is 9.91. The van der Waals surface area contributed by atoms with E-state index in [0.29, 0.717) is 5.41 Å². The molecule has 2 heteroatoms. The smallest absolute Gasteiger partial charge is 0.0236 e. The first-order chi connectivity index (χ1) is 8.84. The van der Waals surface area contributed by atoms with E-state index in [1.165, 1.54) is 56.3 Å². The molecule has 2 N–H and O–H groups in total. The molecule has 0 aromatic heterocycles. The van der Waals surface area contributed by atoms with Crippen LogP contribution in [0, 0.1) is 0 Å². The zero-order valence-corrected chi connectivity index (χ0v) is 11.2. The molecule has 2 fully saturated rings. The normalized spacial score (nSPS) is 22.9. The molecule has 0 spiro atoms. The van der Waals surface area contributed by atoms with Crippen LogP contribution >= 0.6 is 0 Å². The van der Waals surface area contributed by atoms with Crippen LogP contribution in [-0.2, 0) is 12.0 Å². The molecule has 18 heavy (non-hydrogen) atoms. The molecule has 1 aromatic rings. The second-order valence-corrected chi connectivity index (χ2v) is 5.98. The van der Waals surface area contributed by atoms with Gasteiger partial charge >= 0.3 is 0 Å².